The first-order valence-electron chi connectivity index (χ1n) is 19.2. The van der Waals surface area contributed by atoms with Crippen LogP contribution in [0.4, 0.5) is 0 Å². The molecule has 4 nitrogen and oxygen atoms in total. The van der Waals surface area contributed by atoms with Crippen molar-refractivity contribution in [1.82, 2.24) is 15.0 Å². The molecule has 7 aromatic carbocycles. The number of para-hydroxylation sites is 1. The fourth-order valence-electron chi connectivity index (χ4n) is 8.51. The summed E-state index contributed by atoms with van der Waals surface area (Å²) < 4.78 is 11.6. The molecule has 0 spiro atoms. The van der Waals surface area contributed by atoms with Crippen molar-refractivity contribution in [3.05, 3.63) is 181 Å². The number of benzene rings is 7. The van der Waals surface area contributed by atoms with Gasteiger partial charge in [0.25, 0.3) is 0 Å². The molecule has 1 aliphatic rings. The molecule has 0 aliphatic heterocycles. The van der Waals surface area contributed by atoms with Crippen LogP contribution in [0.25, 0.3) is 102 Å². The summed E-state index contributed by atoms with van der Waals surface area (Å²) in [6.07, 6.45) is 7.61. The van der Waals surface area contributed by atoms with Gasteiger partial charge in [0.15, 0.2) is 17.5 Å². The second kappa shape index (κ2) is 12.9. The predicted octanol–water partition coefficient (Wildman–Crippen LogP) is 14.6. The fraction of sp³-hybridized carbons (Fsp3) is 0.0392. The van der Waals surface area contributed by atoms with Gasteiger partial charge < -0.3 is 4.42 Å². The van der Waals surface area contributed by atoms with Gasteiger partial charge in [0.05, 0.1) is 0 Å². The molecule has 268 valence electrons. The van der Waals surface area contributed by atoms with E-state index in [2.05, 4.69) is 158 Å². The molecule has 57 heavy (non-hydrogen) atoms. The van der Waals surface area contributed by atoms with Crippen LogP contribution in [0.15, 0.2) is 174 Å². The minimum atomic E-state index is 0.300. The Labute approximate surface area is 335 Å². The van der Waals surface area contributed by atoms with Gasteiger partial charge in [-0.25, -0.2) is 15.0 Å². The summed E-state index contributed by atoms with van der Waals surface area (Å²) in [6.45, 7) is 0. The van der Waals surface area contributed by atoms with Gasteiger partial charge in [0.2, 0.25) is 0 Å². The quantitative estimate of drug-likeness (QED) is 0.175. The molecule has 11 aromatic rings. The molecule has 6 heteroatoms. The topological polar surface area (TPSA) is 51.8 Å². The summed E-state index contributed by atoms with van der Waals surface area (Å²) in [4.78, 5) is 16.0. The maximum absolute atomic E-state index is 6.64. The molecule has 4 heterocycles. The third-order valence-electron chi connectivity index (χ3n) is 11.3. The van der Waals surface area contributed by atoms with E-state index in [4.69, 9.17) is 19.4 Å². The zero-order chi connectivity index (χ0) is 37.5. The van der Waals surface area contributed by atoms with Crippen molar-refractivity contribution in [3.63, 3.8) is 0 Å². The lowest BCUT2D eigenvalue weighted by Crippen LogP contribution is -2.05. The summed E-state index contributed by atoms with van der Waals surface area (Å²) in [5.41, 5.74) is 8.01. The summed E-state index contributed by atoms with van der Waals surface area (Å²) in [5.74, 6) is 2.24. The molecule has 1 aliphatic carbocycles. The van der Waals surface area contributed by atoms with E-state index in [1.165, 1.54) is 45.9 Å². The zero-order valence-electron chi connectivity index (χ0n) is 30.5. The Hall–Kier alpha value is -6.73. The van der Waals surface area contributed by atoms with Gasteiger partial charge in [-0.05, 0) is 71.6 Å². The van der Waals surface area contributed by atoms with E-state index < -0.39 is 0 Å². The summed E-state index contributed by atoms with van der Waals surface area (Å²) in [5, 5.41) is 7.01. The van der Waals surface area contributed by atoms with Crippen LogP contribution in [-0.4, -0.2) is 15.0 Å². The molecule has 0 amide bonds. The van der Waals surface area contributed by atoms with Crippen molar-refractivity contribution in [2.75, 3.05) is 0 Å². The van der Waals surface area contributed by atoms with E-state index in [9.17, 15) is 0 Å². The highest BCUT2D eigenvalue weighted by molar-refractivity contribution is 7.26. The average molecular weight is 766 g/mol. The Morgan fingerprint density at radius 3 is 2.00 bits per heavy atom. The van der Waals surface area contributed by atoms with Gasteiger partial charge in [-0.15, -0.1) is 22.7 Å². The van der Waals surface area contributed by atoms with Crippen LogP contribution < -0.4 is 0 Å². The van der Waals surface area contributed by atoms with E-state index in [0.717, 1.165) is 56.2 Å². The van der Waals surface area contributed by atoms with Gasteiger partial charge in [-0.1, -0.05) is 121 Å². The minimum Gasteiger partial charge on any atom is -0.456 e. The molecular weight excluding hydrogens is 735 g/mol. The Morgan fingerprint density at radius 1 is 0.491 bits per heavy atom. The molecular formula is C51H31N3OS2. The lowest BCUT2D eigenvalue weighted by Gasteiger charge is -2.17. The lowest BCUT2D eigenvalue weighted by atomic mass is 9.90. The van der Waals surface area contributed by atoms with Crippen molar-refractivity contribution >= 4 is 90.5 Å². The van der Waals surface area contributed by atoms with Crippen molar-refractivity contribution < 1.29 is 4.42 Å². The molecule has 1 atom stereocenters. The first-order chi connectivity index (χ1) is 28.2. The Morgan fingerprint density at radius 2 is 1.18 bits per heavy atom. The number of furan rings is 1. The van der Waals surface area contributed by atoms with Gasteiger partial charge in [-0.3, -0.25) is 0 Å². The van der Waals surface area contributed by atoms with Gasteiger partial charge in [0, 0.05) is 73.7 Å². The number of allylic oxidation sites excluding steroid dienone is 4. The Kier molecular flexibility index (Phi) is 7.37. The van der Waals surface area contributed by atoms with Crippen LogP contribution in [0.1, 0.15) is 23.7 Å². The highest BCUT2D eigenvalue weighted by Gasteiger charge is 2.22. The number of fused-ring (bicyclic) bond motifs is 9. The van der Waals surface area contributed by atoms with E-state index in [-0.39, 0.29) is 0 Å². The molecule has 1 unspecified atom stereocenters. The summed E-state index contributed by atoms with van der Waals surface area (Å²) >= 11 is 3.62. The van der Waals surface area contributed by atoms with Crippen molar-refractivity contribution in [2.45, 2.75) is 12.3 Å². The smallest absolute Gasteiger partial charge is 0.165 e. The summed E-state index contributed by atoms with van der Waals surface area (Å²) in [6, 6.07) is 53.9. The maximum atomic E-state index is 6.64. The molecule has 0 saturated carbocycles. The molecule has 12 rings (SSSR count). The number of aromatic nitrogens is 3. The van der Waals surface area contributed by atoms with Crippen LogP contribution in [0.2, 0.25) is 0 Å². The zero-order valence-corrected chi connectivity index (χ0v) is 32.1. The second-order valence-electron chi connectivity index (χ2n) is 14.7. The van der Waals surface area contributed by atoms with E-state index in [0.29, 0.717) is 23.4 Å². The standard InChI is InChI=1S/C51H31N3OS2/c1-2-11-30(12-3-1)31-21-23-32(24-22-31)49-52-50(39-17-10-16-37-35-13-5-9-20-45(35)57-48(37)39)54-51(53-49)41-28-34(29-43-47(41)38-15-4-7-18-42(38)55-43)33-25-26-46-40(27-33)36-14-6-8-19-44(36)56-46/h1-21,23-29,31H,22H2. The Bertz CT molecular complexity index is 3460. The highest BCUT2D eigenvalue weighted by atomic mass is 32.1. The van der Waals surface area contributed by atoms with Gasteiger partial charge >= 0.3 is 0 Å². The maximum Gasteiger partial charge on any atom is 0.165 e. The normalized spacial score (nSPS) is 14.5. The van der Waals surface area contributed by atoms with Gasteiger partial charge in [-0.2, -0.15) is 0 Å². The first-order valence-corrected chi connectivity index (χ1v) is 20.8. The number of thiophene rings is 2. The molecule has 4 aromatic heterocycles. The summed E-state index contributed by atoms with van der Waals surface area (Å²) in [7, 11) is 0. The number of nitrogens with zero attached hydrogens (tertiary/aromatic N) is 3. The van der Waals surface area contributed by atoms with Crippen molar-refractivity contribution in [1.29, 1.82) is 0 Å². The van der Waals surface area contributed by atoms with Crippen molar-refractivity contribution in [2.24, 2.45) is 0 Å². The number of hydrogen-bond donors (Lipinski definition) is 0. The monoisotopic (exact) mass is 765 g/mol. The molecule has 0 radical (unpaired) electrons. The average Bonchev–Trinajstić information content (AvgIpc) is 3.97. The largest absolute Gasteiger partial charge is 0.456 e. The SMILES string of the molecule is C1=CC(c2ccccc2)CC=C1c1nc(-c2cccc3c2sc2ccccc23)nc(-c2cc(-c3ccc4sc5ccccc5c4c3)cc3oc4ccccc4c23)n1. The van der Waals surface area contributed by atoms with E-state index in [1.807, 2.05) is 23.5 Å². The van der Waals surface area contributed by atoms with Crippen LogP contribution >= 0.6 is 22.7 Å². The highest BCUT2D eigenvalue weighted by Crippen LogP contribution is 2.44. The van der Waals surface area contributed by atoms with Crippen LogP contribution in [0.5, 0.6) is 0 Å². The predicted molar refractivity (Wildman–Crippen MR) is 240 cm³/mol. The third kappa shape index (κ3) is 5.36. The molecule has 0 bridgehead atoms. The van der Waals surface area contributed by atoms with E-state index >= 15 is 0 Å². The third-order valence-corrected chi connectivity index (χ3v) is 13.7. The molecule has 0 fully saturated rings. The van der Waals surface area contributed by atoms with Crippen LogP contribution in [0, 0.1) is 0 Å². The number of rotatable bonds is 5. The minimum absolute atomic E-state index is 0.300. The van der Waals surface area contributed by atoms with Crippen LogP contribution in [-0.2, 0) is 0 Å². The number of hydrogen-bond acceptors (Lipinski definition) is 6. The van der Waals surface area contributed by atoms with Gasteiger partial charge in [0.1, 0.15) is 11.2 Å². The van der Waals surface area contributed by atoms with E-state index in [1.54, 1.807) is 11.3 Å². The van der Waals surface area contributed by atoms with Crippen molar-refractivity contribution in [3.8, 4) is 33.9 Å². The first kappa shape index (κ1) is 32.5. The lowest BCUT2D eigenvalue weighted by molar-refractivity contribution is 0.669. The second-order valence-corrected chi connectivity index (χ2v) is 16.8. The molecule has 0 N–H and O–H groups in total. The molecule has 0 saturated heterocycles. The Balaban J connectivity index is 1.10. The van der Waals surface area contributed by atoms with Crippen LogP contribution in [0.3, 0.4) is 0 Å². The fourth-order valence-corrected chi connectivity index (χ4v) is 10.8.